The van der Waals surface area contributed by atoms with Crippen molar-refractivity contribution in [1.29, 1.82) is 0 Å². The largest absolute Gasteiger partial charge is 0.299 e. The summed E-state index contributed by atoms with van der Waals surface area (Å²) in [5.74, 6) is 0.409. The van der Waals surface area contributed by atoms with Gasteiger partial charge in [-0.15, -0.1) is 0 Å². The topological polar surface area (TPSA) is 17.1 Å². The lowest BCUT2D eigenvalue weighted by molar-refractivity contribution is -0.121. The molecule has 0 radical (unpaired) electrons. The number of Topliss-reactive ketones (excluding diaryl/α,β-unsaturated/α-hetero) is 1. The molecule has 1 nitrogen and oxygen atoms in total. The molecule has 0 heterocycles. The van der Waals surface area contributed by atoms with Crippen LogP contribution in [0, 0.1) is 6.92 Å². The lowest BCUT2D eigenvalue weighted by Crippen LogP contribution is -2.20. The lowest BCUT2D eigenvalue weighted by Gasteiger charge is -2.15. The summed E-state index contributed by atoms with van der Waals surface area (Å²) in [5, 5.41) is 0. The van der Waals surface area contributed by atoms with Crippen molar-refractivity contribution in [3.8, 4) is 0 Å². The first-order valence-electron chi connectivity index (χ1n) is 5.30. The van der Waals surface area contributed by atoms with E-state index in [1.54, 1.807) is 0 Å². The number of ketones is 1. The molecule has 1 aromatic rings. The lowest BCUT2D eigenvalue weighted by atomic mass is 9.87. The summed E-state index contributed by atoms with van der Waals surface area (Å²) < 4.78 is 0. The molecule has 0 unspecified atom stereocenters. The molecule has 0 atom stereocenters. The SMILES string of the molecule is CCC(=O)C1(c2ccccc2C)CC1. The van der Waals surface area contributed by atoms with Gasteiger partial charge in [0.15, 0.2) is 0 Å². The average Bonchev–Trinajstić information content (AvgIpc) is 2.98. The quantitative estimate of drug-likeness (QED) is 0.712. The Bertz CT molecular complexity index is 361. The Balaban J connectivity index is 2.40. The van der Waals surface area contributed by atoms with Crippen LogP contribution in [0.1, 0.15) is 37.3 Å². The van der Waals surface area contributed by atoms with Crippen molar-refractivity contribution in [1.82, 2.24) is 0 Å². The van der Waals surface area contributed by atoms with Crippen molar-refractivity contribution < 1.29 is 4.79 Å². The Morgan fingerprint density at radius 3 is 2.50 bits per heavy atom. The molecule has 1 aromatic carbocycles. The number of hydrogen-bond donors (Lipinski definition) is 0. The van der Waals surface area contributed by atoms with Crippen molar-refractivity contribution in [2.75, 3.05) is 0 Å². The Morgan fingerprint density at radius 2 is 2.00 bits per heavy atom. The second kappa shape index (κ2) is 3.23. The fourth-order valence-electron chi connectivity index (χ4n) is 2.27. The summed E-state index contributed by atoms with van der Waals surface area (Å²) >= 11 is 0. The van der Waals surface area contributed by atoms with E-state index in [1.807, 2.05) is 19.1 Å². The van der Waals surface area contributed by atoms with Gasteiger partial charge in [0, 0.05) is 6.42 Å². The molecule has 0 N–H and O–H groups in total. The van der Waals surface area contributed by atoms with Gasteiger partial charge in [-0.2, -0.15) is 0 Å². The standard InChI is InChI=1S/C13H16O/c1-3-12(14)13(8-9-13)11-7-5-4-6-10(11)2/h4-7H,3,8-9H2,1-2H3. The Morgan fingerprint density at radius 1 is 1.36 bits per heavy atom. The van der Waals surface area contributed by atoms with Crippen LogP contribution in [0.5, 0.6) is 0 Å². The second-order valence-electron chi connectivity index (χ2n) is 4.17. The molecule has 1 saturated carbocycles. The second-order valence-corrected chi connectivity index (χ2v) is 4.17. The van der Waals surface area contributed by atoms with Gasteiger partial charge in [0.05, 0.1) is 5.41 Å². The first kappa shape index (κ1) is 9.45. The first-order chi connectivity index (χ1) is 6.70. The van der Waals surface area contributed by atoms with Crippen LogP contribution in [-0.2, 0) is 10.2 Å². The van der Waals surface area contributed by atoms with Crippen LogP contribution in [0.3, 0.4) is 0 Å². The molecule has 1 aliphatic carbocycles. The van der Waals surface area contributed by atoms with Gasteiger partial charge >= 0.3 is 0 Å². The van der Waals surface area contributed by atoms with E-state index in [9.17, 15) is 4.79 Å². The van der Waals surface area contributed by atoms with Gasteiger partial charge in [0.25, 0.3) is 0 Å². The highest BCUT2D eigenvalue weighted by molar-refractivity contribution is 5.93. The molecule has 0 spiro atoms. The van der Waals surface area contributed by atoms with Crippen LogP contribution >= 0.6 is 0 Å². The van der Waals surface area contributed by atoms with Crippen molar-refractivity contribution >= 4 is 5.78 Å². The van der Waals surface area contributed by atoms with E-state index >= 15 is 0 Å². The van der Waals surface area contributed by atoms with Gasteiger partial charge in [-0.1, -0.05) is 31.2 Å². The number of aryl methyl sites for hydroxylation is 1. The van der Waals surface area contributed by atoms with Crippen LogP contribution in [0.15, 0.2) is 24.3 Å². The maximum absolute atomic E-state index is 11.8. The molecule has 0 amide bonds. The highest BCUT2D eigenvalue weighted by atomic mass is 16.1. The zero-order chi connectivity index (χ0) is 10.2. The van der Waals surface area contributed by atoms with Gasteiger partial charge in [-0.3, -0.25) is 4.79 Å². The van der Waals surface area contributed by atoms with Crippen LogP contribution in [0.4, 0.5) is 0 Å². The maximum Gasteiger partial charge on any atom is 0.143 e. The van der Waals surface area contributed by atoms with Crippen molar-refractivity contribution in [2.45, 2.75) is 38.5 Å². The first-order valence-corrected chi connectivity index (χ1v) is 5.30. The van der Waals surface area contributed by atoms with E-state index < -0.39 is 0 Å². The van der Waals surface area contributed by atoms with Crippen LogP contribution < -0.4 is 0 Å². The maximum atomic E-state index is 11.8. The van der Waals surface area contributed by atoms with Gasteiger partial charge in [0.1, 0.15) is 5.78 Å². The molecular weight excluding hydrogens is 172 g/mol. The minimum atomic E-state index is -0.0971. The third-order valence-electron chi connectivity index (χ3n) is 3.27. The monoisotopic (exact) mass is 188 g/mol. The van der Waals surface area contributed by atoms with Crippen molar-refractivity contribution in [2.24, 2.45) is 0 Å². The van der Waals surface area contributed by atoms with Crippen molar-refractivity contribution in [3.05, 3.63) is 35.4 Å². The summed E-state index contributed by atoms with van der Waals surface area (Å²) in [7, 11) is 0. The normalized spacial score (nSPS) is 17.9. The molecule has 2 rings (SSSR count). The number of rotatable bonds is 3. The number of carbonyl (C=O) groups excluding carboxylic acids is 1. The zero-order valence-electron chi connectivity index (χ0n) is 8.84. The van der Waals surface area contributed by atoms with E-state index in [2.05, 4.69) is 19.1 Å². The highest BCUT2D eigenvalue weighted by Gasteiger charge is 2.50. The minimum Gasteiger partial charge on any atom is -0.299 e. The van der Waals surface area contributed by atoms with E-state index in [0.717, 1.165) is 12.8 Å². The number of carbonyl (C=O) groups is 1. The fourth-order valence-corrected chi connectivity index (χ4v) is 2.27. The summed E-state index contributed by atoms with van der Waals surface area (Å²) in [4.78, 5) is 11.8. The average molecular weight is 188 g/mol. The minimum absolute atomic E-state index is 0.0971. The number of hydrogen-bond acceptors (Lipinski definition) is 1. The van der Waals surface area contributed by atoms with Crippen LogP contribution in [-0.4, -0.2) is 5.78 Å². The zero-order valence-corrected chi connectivity index (χ0v) is 8.84. The summed E-state index contributed by atoms with van der Waals surface area (Å²) in [6.07, 6.45) is 2.75. The molecule has 74 valence electrons. The van der Waals surface area contributed by atoms with E-state index in [-0.39, 0.29) is 5.41 Å². The van der Waals surface area contributed by atoms with Crippen LogP contribution in [0.2, 0.25) is 0 Å². The number of benzene rings is 1. The predicted molar refractivity (Wildman–Crippen MR) is 57.4 cm³/mol. The summed E-state index contributed by atoms with van der Waals surface area (Å²) in [6.45, 7) is 4.05. The molecule has 0 aliphatic heterocycles. The van der Waals surface area contributed by atoms with Crippen molar-refractivity contribution in [3.63, 3.8) is 0 Å². The molecule has 1 fully saturated rings. The highest BCUT2D eigenvalue weighted by Crippen LogP contribution is 2.50. The predicted octanol–water partition coefficient (Wildman–Crippen LogP) is 3.01. The molecular formula is C13H16O. The van der Waals surface area contributed by atoms with Gasteiger partial charge in [-0.25, -0.2) is 0 Å². The van der Waals surface area contributed by atoms with Gasteiger partial charge < -0.3 is 0 Å². The Hall–Kier alpha value is -1.11. The molecule has 14 heavy (non-hydrogen) atoms. The summed E-state index contributed by atoms with van der Waals surface area (Å²) in [6, 6.07) is 8.27. The molecule has 0 bridgehead atoms. The van der Waals surface area contributed by atoms with E-state index in [1.165, 1.54) is 11.1 Å². The summed E-state index contributed by atoms with van der Waals surface area (Å²) in [5.41, 5.74) is 2.42. The van der Waals surface area contributed by atoms with Gasteiger partial charge in [0.2, 0.25) is 0 Å². The molecule has 0 saturated heterocycles. The Labute approximate surface area is 85.1 Å². The Kier molecular flexibility index (Phi) is 2.18. The molecule has 1 aliphatic rings. The van der Waals surface area contributed by atoms with E-state index in [0.29, 0.717) is 12.2 Å². The smallest absolute Gasteiger partial charge is 0.143 e. The van der Waals surface area contributed by atoms with Crippen LogP contribution in [0.25, 0.3) is 0 Å². The van der Waals surface area contributed by atoms with Gasteiger partial charge in [-0.05, 0) is 30.9 Å². The molecule has 1 heteroatoms. The third kappa shape index (κ3) is 1.28. The third-order valence-corrected chi connectivity index (χ3v) is 3.27. The fraction of sp³-hybridized carbons (Fsp3) is 0.462. The molecule has 0 aromatic heterocycles. The van der Waals surface area contributed by atoms with E-state index in [4.69, 9.17) is 0 Å².